The summed E-state index contributed by atoms with van der Waals surface area (Å²) >= 11 is 1.91. The first-order valence-electron chi connectivity index (χ1n) is 2.28. The van der Waals surface area contributed by atoms with E-state index in [9.17, 15) is 0 Å². The van der Waals surface area contributed by atoms with Gasteiger partial charge in [-0.3, -0.25) is 0 Å². The summed E-state index contributed by atoms with van der Waals surface area (Å²) in [6.45, 7) is 1.65. The lowest BCUT2D eigenvalue weighted by Gasteiger charge is -1.97. The summed E-state index contributed by atoms with van der Waals surface area (Å²) in [6, 6.07) is 0. The lowest BCUT2D eigenvalue weighted by molar-refractivity contribution is 0.164. The number of halogens is 1. The third-order valence-corrected chi connectivity index (χ3v) is 1.73. The van der Waals surface area contributed by atoms with Crippen LogP contribution in [0.1, 0.15) is 6.42 Å². The molecule has 1 unspecified atom stereocenters. The van der Waals surface area contributed by atoms with E-state index in [0.29, 0.717) is 6.10 Å². The van der Waals surface area contributed by atoms with Gasteiger partial charge in [-0.2, -0.15) is 0 Å². The molecule has 7 heavy (non-hydrogen) atoms. The van der Waals surface area contributed by atoms with E-state index < -0.39 is 0 Å². The van der Waals surface area contributed by atoms with Crippen molar-refractivity contribution in [3.8, 4) is 0 Å². The Balaban J connectivity index is 2.14. The van der Waals surface area contributed by atoms with E-state index in [1.165, 1.54) is 0 Å². The quantitative estimate of drug-likeness (QED) is 0.609. The van der Waals surface area contributed by atoms with Crippen LogP contribution in [0, 0.1) is 0 Å². The van der Waals surface area contributed by atoms with Crippen LogP contribution in [0.4, 0.5) is 0 Å². The Kier molecular flexibility index (Phi) is 2.34. The minimum atomic E-state index is 0.362. The molecule has 1 fully saturated rings. The maximum absolute atomic E-state index is 5.02. The zero-order chi connectivity index (χ0) is 5.11. The molecule has 0 spiro atoms. The van der Waals surface area contributed by atoms with Crippen LogP contribution in [0.3, 0.4) is 0 Å². The second kappa shape index (κ2) is 2.84. The minimum absolute atomic E-state index is 0.362. The Labute approximate surface area is 56.9 Å². The van der Waals surface area contributed by atoms with E-state index in [4.69, 9.17) is 7.80 Å². The SMILES string of the molecule is IOC1CCOC1. The average Bonchev–Trinajstić information content (AvgIpc) is 2.14. The van der Waals surface area contributed by atoms with E-state index in [1.54, 1.807) is 0 Å². The van der Waals surface area contributed by atoms with E-state index in [0.717, 1.165) is 19.6 Å². The fourth-order valence-electron chi connectivity index (χ4n) is 0.583. The fraction of sp³-hybridized carbons (Fsp3) is 1.00. The molecule has 0 aromatic rings. The first-order valence-corrected chi connectivity index (χ1v) is 3.16. The van der Waals surface area contributed by atoms with Gasteiger partial charge in [-0.05, 0) is 0 Å². The van der Waals surface area contributed by atoms with Crippen LogP contribution in [0.25, 0.3) is 0 Å². The highest BCUT2D eigenvalue weighted by molar-refractivity contribution is 14.1. The van der Waals surface area contributed by atoms with Gasteiger partial charge in [-0.1, -0.05) is 0 Å². The molecule has 0 radical (unpaired) electrons. The molecule has 1 rings (SSSR count). The second-order valence-electron chi connectivity index (χ2n) is 1.57. The highest BCUT2D eigenvalue weighted by Crippen LogP contribution is 2.10. The van der Waals surface area contributed by atoms with Gasteiger partial charge in [-0.15, -0.1) is 0 Å². The van der Waals surface area contributed by atoms with E-state index >= 15 is 0 Å². The van der Waals surface area contributed by atoms with Crippen LogP contribution in [0.2, 0.25) is 0 Å². The zero-order valence-corrected chi connectivity index (χ0v) is 6.05. The molecule has 0 aromatic carbocycles. The molecule has 2 nitrogen and oxygen atoms in total. The fourth-order valence-corrected chi connectivity index (χ4v) is 0.984. The summed E-state index contributed by atoms with van der Waals surface area (Å²) in [4.78, 5) is 0. The molecule has 1 aliphatic heterocycles. The predicted molar refractivity (Wildman–Crippen MR) is 34.3 cm³/mol. The Morgan fingerprint density at radius 2 is 2.57 bits per heavy atom. The van der Waals surface area contributed by atoms with Crippen LogP contribution in [0.15, 0.2) is 0 Å². The molecule has 1 heterocycles. The largest absolute Gasteiger partial charge is 0.379 e. The molecule has 3 heteroatoms. The maximum Gasteiger partial charge on any atom is 0.110 e. The van der Waals surface area contributed by atoms with Crippen LogP contribution in [-0.4, -0.2) is 19.3 Å². The third-order valence-electron chi connectivity index (χ3n) is 1.01. The van der Waals surface area contributed by atoms with Crippen LogP contribution >= 0.6 is 23.0 Å². The van der Waals surface area contributed by atoms with Crippen molar-refractivity contribution in [2.75, 3.05) is 13.2 Å². The predicted octanol–water partition coefficient (Wildman–Crippen LogP) is 1.14. The van der Waals surface area contributed by atoms with Gasteiger partial charge < -0.3 is 7.80 Å². The average molecular weight is 214 g/mol. The highest BCUT2D eigenvalue weighted by Gasteiger charge is 2.13. The Bertz CT molecular complexity index is 51.7. The minimum Gasteiger partial charge on any atom is -0.379 e. The Hall–Kier alpha value is 0.650. The molecule has 1 saturated heterocycles. The lowest BCUT2D eigenvalue weighted by Crippen LogP contribution is -2.04. The van der Waals surface area contributed by atoms with Crippen molar-refractivity contribution in [2.45, 2.75) is 12.5 Å². The molecular weight excluding hydrogens is 207 g/mol. The van der Waals surface area contributed by atoms with Crippen molar-refractivity contribution in [3.63, 3.8) is 0 Å². The van der Waals surface area contributed by atoms with Crippen molar-refractivity contribution in [1.29, 1.82) is 0 Å². The molecule has 1 aliphatic rings. The van der Waals surface area contributed by atoms with Crippen molar-refractivity contribution in [1.82, 2.24) is 0 Å². The normalized spacial score (nSPS) is 31.3. The van der Waals surface area contributed by atoms with E-state index in [-0.39, 0.29) is 0 Å². The summed E-state index contributed by atoms with van der Waals surface area (Å²) in [6.07, 6.45) is 1.42. The first kappa shape index (κ1) is 5.78. The second-order valence-corrected chi connectivity index (χ2v) is 2.08. The van der Waals surface area contributed by atoms with Crippen molar-refractivity contribution in [2.24, 2.45) is 0 Å². The molecule has 1 atom stereocenters. The van der Waals surface area contributed by atoms with Gasteiger partial charge in [-0.25, -0.2) is 0 Å². The van der Waals surface area contributed by atoms with Gasteiger partial charge in [0.25, 0.3) is 0 Å². The van der Waals surface area contributed by atoms with Gasteiger partial charge in [0.2, 0.25) is 0 Å². The van der Waals surface area contributed by atoms with Gasteiger partial charge in [0.1, 0.15) is 23.0 Å². The van der Waals surface area contributed by atoms with E-state index in [2.05, 4.69) is 0 Å². The van der Waals surface area contributed by atoms with Crippen LogP contribution in [-0.2, 0) is 7.80 Å². The Morgan fingerprint density at radius 1 is 1.71 bits per heavy atom. The molecular formula is C4H7IO2. The van der Waals surface area contributed by atoms with E-state index in [1.807, 2.05) is 23.0 Å². The smallest absolute Gasteiger partial charge is 0.110 e. The van der Waals surface area contributed by atoms with Gasteiger partial charge in [0, 0.05) is 13.0 Å². The van der Waals surface area contributed by atoms with Crippen LogP contribution in [0.5, 0.6) is 0 Å². The summed E-state index contributed by atoms with van der Waals surface area (Å²) in [5, 5.41) is 0. The molecule has 0 aliphatic carbocycles. The molecule has 0 saturated carbocycles. The standard InChI is InChI=1S/C4H7IO2/c5-7-4-1-2-6-3-4/h4H,1-3H2. The Morgan fingerprint density at radius 3 is 2.86 bits per heavy atom. The third kappa shape index (κ3) is 1.54. The van der Waals surface area contributed by atoms with Crippen molar-refractivity contribution in [3.05, 3.63) is 0 Å². The topological polar surface area (TPSA) is 18.5 Å². The summed E-state index contributed by atoms with van der Waals surface area (Å²) in [7, 11) is 0. The molecule has 0 amide bonds. The number of hydrogen-bond donors (Lipinski definition) is 0. The molecule has 0 N–H and O–H groups in total. The summed E-state index contributed by atoms with van der Waals surface area (Å²) in [5.74, 6) is 0. The highest BCUT2D eigenvalue weighted by atomic mass is 127. The van der Waals surface area contributed by atoms with Crippen LogP contribution < -0.4 is 0 Å². The zero-order valence-electron chi connectivity index (χ0n) is 3.89. The molecule has 42 valence electrons. The number of rotatable bonds is 1. The van der Waals surface area contributed by atoms with Gasteiger partial charge in [0.15, 0.2) is 0 Å². The summed E-state index contributed by atoms with van der Waals surface area (Å²) < 4.78 is 9.97. The molecule has 0 bridgehead atoms. The monoisotopic (exact) mass is 214 g/mol. The van der Waals surface area contributed by atoms with Gasteiger partial charge >= 0.3 is 0 Å². The number of hydrogen-bond acceptors (Lipinski definition) is 2. The summed E-state index contributed by atoms with van der Waals surface area (Å²) in [5.41, 5.74) is 0. The van der Waals surface area contributed by atoms with Gasteiger partial charge in [0.05, 0.1) is 12.7 Å². The lowest BCUT2D eigenvalue weighted by atomic mass is 10.3. The van der Waals surface area contributed by atoms with Crippen molar-refractivity contribution < 1.29 is 7.80 Å². The first-order chi connectivity index (χ1) is 3.43. The number of ether oxygens (including phenoxy) is 1. The van der Waals surface area contributed by atoms with Crippen molar-refractivity contribution >= 4 is 23.0 Å². The molecule has 0 aromatic heterocycles. The maximum atomic E-state index is 5.02.